The average Bonchev–Trinajstić information content (AvgIpc) is 2.98. The molecule has 1 amide bonds. The summed E-state index contributed by atoms with van der Waals surface area (Å²) in [4.78, 5) is 17.1. The molecule has 0 aliphatic carbocycles. The van der Waals surface area contributed by atoms with E-state index in [0.717, 1.165) is 29.7 Å². The van der Waals surface area contributed by atoms with Crippen molar-refractivity contribution in [2.45, 2.75) is 39.7 Å². The van der Waals surface area contributed by atoms with Crippen molar-refractivity contribution in [1.82, 2.24) is 14.3 Å². The standard InChI is InChI=1S/C21H23BClN3O3S/c1-3-4-5-10-30(28,29)25-21(27)15-7-9-19-20(11-15)26(14(2)24-19)13-16-6-8-17(22)12-18(16)23/h6-9,11-12H,3-5,10,13H2,1-2H3,(H,25,27). The molecule has 9 heteroatoms. The number of hydrogen-bond acceptors (Lipinski definition) is 4. The predicted octanol–water partition coefficient (Wildman–Crippen LogP) is 3.09. The van der Waals surface area contributed by atoms with Gasteiger partial charge in [-0.2, -0.15) is 0 Å². The second kappa shape index (κ2) is 9.22. The number of aryl methyl sites for hydroxylation is 1. The Morgan fingerprint density at radius 1 is 1.20 bits per heavy atom. The molecular weight excluding hydrogens is 421 g/mol. The molecule has 2 aromatic carbocycles. The summed E-state index contributed by atoms with van der Waals surface area (Å²) in [5.74, 6) is 0.0357. The Morgan fingerprint density at radius 3 is 2.67 bits per heavy atom. The van der Waals surface area contributed by atoms with Crippen LogP contribution >= 0.6 is 11.6 Å². The number of nitrogens with one attached hydrogen (secondary N) is 1. The Balaban J connectivity index is 1.88. The minimum atomic E-state index is -3.67. The van der Waals surface area contributed by atoms with E-state index in [4.69, 9.17) is 19.4 Å². The summed E-state index contributed by atoms with van der Waals surface area (Å²) in [6.07, 6.45) is 2.22. The molecule has 3 rings (SSSR count). The smallest absolute Gasteiger partial charge is 0.264 e. The minimum Gasteiger partial charge on any atom is -0.324 e. The molecular formula is C21H23BClN3O3S. The van der Waals surface area contributed by atoms with Gasteiger partial charge >= 0.3 is 0 Å². The number of halogens is 1. The highest BCUT2D eigenvalue weighted by Gasteiger charge is 2.18. The molecule has 0 spiro atoms. The topological polar surface area (TPSA) is 81.1 Å². The van der Waals surface area contributed by atoms with Crippen LogP contribution in [0.15, 0.2) is 36.4 Å². The van der Waals surface area contributed by atoms with Crippen LogP contribution in [0.5, 0.6) is 0 Å². The van der Waals surface area contributed by atoms with Gasteiger partial charge in [-0.3, -0.25) is 4.79 Å². The van der Waals surface area contributed by atoms with Crippen LogP contribution in [0.2, 0.25) is 5.02 Å². The second-order valence-electron chi connectivity index (χ2n) is 7.26. The van der Waals surface area contributed by atoms with E-state index in [9.17, 15) is 13.2 Å². The third kappa shape index (κ3) is 5.23. The van der Waals surface area contributed by atoms with Gasteiger partial charge in [-0.1, -0.05) is 55.0 Å². The lowest BCUT2D eigenvalue weighted by atomic mass is 9.95. The van der Waals surface area contributed by atoms with E-state index in [1.807, 2.05) is 24.5 Å². The number of amides is 1. The van der Waals surface area contributed by atoms with Gasteiger partial charge in [0.15, 0.2) is 0 Å². The number of nitrogens with zero attached hydrogens (tertiary/aromatic N) is 2. The molecule has 0 aliphatic rings. The van der Waals surface area contributed by atoms with Crippen LogP contribution in [0, 0.1) is 6.92 Å². The van der Waals surface area contributed by atoms with Crippen LogP contribution in [0.3, 0.4) is 0 Å². The number of rotatable bonds is 8. The van der Waals surface area contributed by atoms with E-state index >= 15 is 0 Å². The Labute approximate surface area is 183 Å². The van der Waals surface area contributed by atoms with Crippen LogP contribution < -0.4 is 10.2 Å². The van der Waals surface area contributed by atoms with Gasteiger partial charge in [-0.05, 0) is 37.1 Å². The first kappa shape index (κ1) is 22.4. The molecule has 0 atom stereocenters. The van der Waals surface area contributed by atoms with Crippen molar-refractivity contribution in [3.63, 3.8) is 0 Å². The number of benzene rings is 2. The first-order valence-corrected chi connectivity index (χ1v) is 11.8. The van der Waals surface area contributed by atoms with E-state index in [-0.39, 0.29) is 11.3 Å². The number of fused-ring (bicyclic) bond motifs is 1. The van der Waals surface area contributed by atoms with Crippen LogP contribution in [-0.2, 0) is 16.6 Å². The molecule has 0 fully saturated rings. The summed E-state index contributed by atoms with van der Waals surface area (Å²) in [5.41, 5.74) is 3.13. The van der Waals surface area contributed by atoms with Crippen molar-refractivity contribution >= 4 is 51.9 Å². The Morgan fingerprint density at radius 2 is 1.97 bits per heavy atom. The monoisotopic (exact) mass is 443 g/mol. The first-order valence-electron chi connectivity index (χ1n) is 9.76. The molecule has 2 radical (unpaired) electrons. The second-order valence-corrected chi connectivity index (χ2v) is 9.51. The van der Waals surface area contributed by atoms with E-state index in [0.29, 0.717) is 29.0 Å². The zero-order valence-electron chi connectivity index (χ0n) is 17.0. The molecule has 3 aromatic rings. The Hall–Kier alpha value is -2.32. The van der Waals surface area contributed by atoms with Gasteiger partial charge in [-0.15, -0.1) is 0 Å². The Kier molecular flexibility index (Phi) is 6.88. The lowest BCUT2D eigenvalue weighted by Gasteiger charge is -2.11. The number of carbonyl (C=O) groups excluding carboxylic acids is 1. The van der Waals surface area contributed by atoms with Gasteiger partial charge in [-0.25, -0.2) is 18.1 Å². The average molecular weight is 444 g/mol. The van der Waals surface area contributed by atoms with Crippen LogP contribution in [0.4, 0.5) is 0 Å². The van der Waals surface area contributed by atoms with Crippen molar-refractivity contribution in [3.05, 3.63) is 58.4 Å². The van der Waals surface area contributed by atoms with Gasteiger partial charge in [0.25, 0.3) is 5.91 Å². The maximum atomic E-state index is 12.5. The highest BCUT2D eigenvalue weighted by molar-refractivity contribution is 7.90. The van der Waals surface area contributed by atoms with Crippen molar-refractivity contribution in [3.8, 4) is 0 Å². The fourth-order valence-electron chi connectivity index (χ4n) is 3.24. The molecule has 0 saturated heterocycles. The SMILES string of the molecule is [B]c1ccc(Cn2c(C)nc3ccc(C(=O)NS(=O)(=O)CCCCC)cc32)c(Cl)c1. The zero-order chi connectivity index (χ0) is 21.9. The molecule has 0 aliphatic heterocycles. The summed E-state index contributed by atoms with van der Waals surface area (Å²) in [6, 6.07) is 10.2. The van der Waals surface area contributed by atoms with Crippen LogP contribution in [0.25, 0.3) is 11.0 Å². The highest BCUT2D eigenvalue weighted by Crippen LogP contribution is 2.22. The lowest BCUT2D eigenvalue weighted by molar-refractivity contribution is 0.0981. The van der Waals surface area contributed by atoms with E-state index in [1.54, 1.807) is 30.3 Å². The summed E-state index contributed by atoms with van der Waals surface area (Å²) in [7, 11) is 2.10. The van der Waals surface area contributed by atoms with Crippen molar-refractivity contribution in [2.75, 3.05) is 5.75 Å². The number of aromatic nitrogens is 2. The molecule has 30 heavy (non-hydrogen) atoms. The normalized spacial score (nSPS) is 11.7. The zero-order valence-corrected chi connectivity index (χ0v) is 18.6. The number of carbonyl (C=O) groups is 1. The summed E-state index contributed by atoms with van der Waals surface area (Å²) in [6.45, 7) is 4.30. The maximum absolute atomic E-state index is 12.5. The number of imidazole rings is 1. The number of sulfonamides is 1. The summed E-state index contributed by atoms with van der Waals surface area (Å²) < 4.78 is 28.4. The molecule has 1 N–H and O–H groups in total. The van der Waals surface area contributed by atoms with Crippen molar-refractivity contribution in [1.29, 1.82) is 0 Å². The fourth-order valence-corrected chi connectivity index (χ4v) is 4.57. The molecule has 1 heterocycles. The third-order valence-electron chi connectivity index (χ3n) is 4.87. The van der Waals surface area contributed by atoms with Gasteiger partial charge in [0.2, 0.25) is 10.0 Å². The molecule has 156 valence electrons. The van der Waals surface area contributed by atoms with Crippen molar-refractivity contribution < 1.29 is 13.2 Å². The summed E-state index contributed by atoms with van der Waals surface area (Å²) in [5, 5.41) is 0.545. The van der Waals surface area contributed by atoms with Gasteiger partial charge < -0.3 is 4.57 Å². The molecule has 0 saturated carbocycles. The molecule has 0 bridgehead atoms. The first-order chi connectivity index (χ1) is 14.2. The molecule has 0 unspecified atom stereocenters. The van der Waals surface area contributed by atoms with Crippen LogP contribution in [0.1, 0.15) is 47.9 Å². The number of hydrogen-bond donors (Lipinski definition) is 1. The van der Waals surface area contributed by atoms with E-state index in [1.165, 1.54) is 0 Å². The number of unbranched alkanes of at least 4 members (excludes halogenated alkanes) is 2. The maximum Gasteiger partial charge on any atom is 0.264 e. The van der Waals surface area contributed by atoms with E-state index in [2.05, 4.69) is 9.71 Å². The quantitative estimate of drug-likeness (QED) is 0.428. The summed E-state index contributed by atoms with van der Waals surface area (Å²) >= 11 is 6.31. The highest BCUT2D eigenvalue weighted by atomic mass is 35.5. The lowest BCUT2D eigenvalue weighted by Crippen LogP contribution is -2.32. The predicted molar refractivity (Wildman–Crippen MR) is 121 cm³/mol. The Bertz CT molecular complexity index is 1190. The minimum absolute atomic E-state index is 0.0680. The van der Waals surface area contributed by atoms with Gasteiger partial charge in [0.05, 0.1) is 23.3 Å². The third-order valence-corrected chi connectivity index (χ3v) is 6.55. The van der Waals surface area contributed by atoms with Gasteiger partial charge in [0, 0.05) is 10.6 Å². The van der Waals surface area contributed by atoms with E-state index < -0.39 is 15.9 Å². The molecule has 6 nitrogen and oxygen atoms in total. The van der Waals surface area contributed by atoms with Crippen molar-refractivity contribution in [2.24, 2.45) is 0 Å². The van der Waals surface area contributed by atoms with Gasteiger partial charge in [0.1, 0.15) is 13.7 Å². The fraction of sp³-hybridized carbons (Fsp3) is 0.333. The largest absolute Gasteiger partial charge is 0.324 e. The van der Waals surface area contributed by atoms with Crippen LogP contribution in [-0.4, -0.2) is 37.5 Å². The molecule has 1 aromatic heterocycles.